The first-order valence-electron chi connectivity index (χ1n) is 5.53. The van der Waals surface area contributed by atoms with Gasteiger partial charge in [0.25, 0.3) is 0 Å². The number of aryl methyl sites for hydroxylation is 1. The lowest BCUT2D eigenvalue weighted by molar-refractivity contribution is 0.0600. The minimum absolute atomic E-state index is 0.383. The fourth-order valence-electron chi connectivity index (χ4n) is 1.77. The van der Waals surface area contributed by atoms with Crippen molar-refractivity contribution in [1.29, 1.82) is 0 Å². The molecule has 94 valence electrons. The second-order valence-corrected chi connectivity index (χ2v) is 4.07. The Bertz CT molecular complexity index is 415. The first-order valence-corrected chi connectivity index (χ1v) is 5.53. The Labute approximate surface area is 102 Å². The van der Waals surface area contributed by atoms with E-state index in [4.69, 9.17) is 0 Å². The van der Waals surface area contributed by atoms with Gasteiger partial charge in [-0.1, -0.05) is 0 Å². The molecule has 4 nitrogen and oxygen atoms in total. The fraction of sp³-hybridized carbons (Fsp3) is 0.462. The smallest absolute Gasteiger partial charge is 0.337 e. The Balaban J connectivity index is 3.19. The topological polar surface area (TPSA) is 58.6 Å². The van der Waals surface area contributed by atoms with E-state index in [0.717, 1.165) is 16.7 Å². The lowest BCUT2D eigenvalue weighted by atomic mass is 9.96. The minimum Gasteiger partial charge on any atom is -0.465 e. The maximum atomic E-state index is 11.5. The summed E-state index contributed by atoms with van der Waals surface area (Å²) >= 11 is 0. The molecule has 1 aromatic rings. The van der Waals surface area contributed by atoms with Crippen molar-refractivity contribution in [2.45, 2.75) is 20.0 Å². The molecule has 0 heterocycles. The predicted molar refractivity (Wildman–Crippen MR) is 66.1 cm³/mol. The van der Waals surface area contributed by atoms with E-state index in [9.17, 15) is 9.90 Å². The number of hydrogen-bond acceptors (Lipinski definition) is 4. The van der Waals surface area contributed by atoms with Crippen molar-refractivity contribution in [2.24, 2.45) is 0 Å². The molecular formula is C13H19NO3. The number of carbonyl (C=O) groups excluding carboxylic acids is 1. The second-order valence-electron chi connectivity index (χ2n) is 4.07. The molecule has 1 rings (SSSR count). The van der Waals surface area contributed by atoms with Gasteiger partial charge in [-0.3, -0.25) is 0 Å². The van der Waals surface area contributed by atoms with Crippen LogP contribution in [-0.2, 0) is 4.74 Å². The molecule has 0 aromatic heterocycles. The highest BCUT2D eigenvalue weighted by Crippen LogP contribution is 2.22. The van der Waals surface area contributed by atoms with Gasteiger partial charge in [0.2, 0.25) is 0 Å². The molecule has 0 fully saturated rings. The van der Waals surface area contributed by atoms with Crippen molar-refractivity contribution in [3.8, 4) is 0 Å². The van der Waals surface area contributed by atoms with Crippen molar-refractivity contribution in [2.75, 3.05) is 20.7 Å². The number of aliphatic hydroxyl groups is 1. The summed E-state index contributed by atoms with van der Waals surface area (Å²) < 4.78 is 4.69. The van der Waals surface area contributed by atoms with Crippen LogP contribution in [0.2, 0.25) is 0 Å². The van der Waals surface area contributed by atoms with E-state index in [2.05, 4.69) is 10.1 Å². The normalized spacial score (nSPS) is 12.3. The summed E-state index contributed by atoms with van der Waals surface area (Å²) in [5, 5.41) is 12.9. The average Bonchev–Trinajstić information content (AvgIpc) is 2.31. The van der Waals surface area contributed by atoms with Gasteiger partial charge in [-0.15, -0.1) is 0 Å². The van der Waals surface area contributed by atoms with Crippen molar-refractivity contribution < 1.29 is 14.6 Å². The Morgan fingerprint density at radius 2 is 2.12 bits per heavy atom. The summed E-state index contributed by atoms with van der Waals surface area (Å²) in [5.74, 6) is -0.383. The van der Waals surface area contributed by atoms with Crippen molar-refractivity contribution in [3.05, 3.63) is 34.4 Å². The average molecular weight is 237 g/mol. The number of methoxy groups -OCH3 is 1. The number of aliphatic hydroxyl groups excluding tert-OH is 1. The molecule has 4 heteroatoms. The fourth-order valence-corrected chi connectivity index (χ4v) is 1.77. The molecule has 0 aliphatic heterocycles. The van der Waals surface area contributed by atoms with Crippen LogP contribution in [0.15, 0.2) is 12.1 Å². The first kappa shape index (κ1) is 13.7. The summed E-state index contributed by atoms with van der Waals surface area (Å²) in [5.41, 5.74) is 3.21. The monoisotopic (exact) mass is 237 g/mol. The second kappa shape index (κ2) is 5.80. The van der Waals surface area contributed by atoms with Crippen LogP contribution in [0, 0.1) is 13.8 Å². The van der Waals surface area contributed by atoms with Gasteiger partial charge in [0.1, 0.15) is 0 Å². The minimum atomic E-state index is -0.622. The molecule has 0 bridgehead atoms. The lowest BCUT2D eigenvalue weighted by Crippen LogP contribution is -2.18. The van der Waals surface area contributed by atoms with Gasteiger partial charge in [0.15, 0.2) is 0 Å². The van der Waals surface area contributed by atoms with E-state index in [0.29, 0.717) is 12.1 Å². The Morgan fingerprint density at radius 1 is 1.47 bits per heavy atom. The molecule has 2 N–H and O–H groups in total. The molecule has 17 heavy (non-hydrogen) atoms. The van der Waals surface area contributed by atoms with Gasteiger partial charge >= 0.3 is 5.97 Å². The van der Waals surface area contributed by atoms with Crippen LogP contribution in [0.5, 0.6) is 0 Å². The molecule has 0 saturated carbocycles. The molecule has 1 unspecified atom stereocenters. The number of ether oxygens (including phenoxy) is 1. The standard InChI is InChI=1S/C13H19NO3/c1-8-5-10(13(16)17-4)6-11(9(8)2)12(15)7-14-3/h5-6,12,14-15H,7H2,1-4H3. The van der Waals surface area contributed by atoms with Gasteiger partial charge in [-0.2, -0.15) is 0 Å². The molecule has 0 amide bonds. The first-order chi connectivity index (χ1) is 8.01. The van der Waals surface area contributed by atoms with Gasteiger partial charge in [-0.05, 0) is 49.7 Å². The van der Waals surface area contributed by atoms with Crippen LogP contribution in [0.4, 0.5) is 0 Å². The third kappa shape index (κ3) is 3.05. The predicted octanol–water partition coefficient (Wildman–Crippen LogP) is 1.34. The van der Waals surface area contributed by atoms with E-state index in [-0.39, 0.29) is 5.97 Å². The van der Waals surface area contributed by atoms with Crippen LogP contribution in [-0.4, -0.2) is 31.8 Å². The van der Waals surface area contributed by atoms with Gasteiger partial charge in [0.05, 0.1) is 18.8 Å². The number of rotatable bonds is 4. The molecule has 0 spiro atoms. The van der Waals surface area contributed by atoms with Gasteiger partial charge in [-0.25, -0.2) is 4.79 Å². The highest BCUT2D eigenvalue weighted by Gasteiger charge is 2.15. The third-order valence-corrected chi connectivity index (χ3v) is 2.89. The molecule has 0 saturated heterocycles. The Kier molecular flexibility index (Phi) is 4.66. The van der Waals surface area contributed by atoms with Crippen molar-refractivity contribution in [1.82, 2.24) is 5.32 Å². The van der Waals surface area contributed by atoms with Crippen LogP contribution in [0.1, 0.15) is 33.2 Å². The molecule has 0 aliphatic carbocycles. The van der Waals surface area contributed by atoms with Crippen molar-refractivity contribution in [3.63, 3.8) is 0 Å². The lowest BCUT2D eigenvalue weighted by Gasteiger charge is -2.16. The summed E-state index contributed by atoms with van der Waals surface area (Å²) in [6.45, 7) is 4.30. The number of benzene rings is 1. The van der Waals surface area contributed by atoms with E-state index < -0.39 is 6.10 Å². The van der Waals surface area contributed by atoms with Crippen LogP contribution < -0.4 is 5.32 Å². The zero-order chi connectivity index (χ0) is 13.0. The Morgan fingerprint density at radius 3 is 2.65 bits per heavy atom. The van der Waals surface area contributed by atoms with E-state index in [1.807, 2.05) is 13.8 Å². The SMILES string of the molecule is CNCC(O)c1cc(C(=O)OC)cc(C)c1C. The van der Waals surface area contributed by atoms with E-state index in [1.165, 1.54) is 7.11 Å². The zero-order valence-corrected chi connectivity index (χ0v) is 10.7. The number of esters is 1. The molecule has 0 radical (unpaired) electrons. The van der Waals surface area contributed by atoms with Crippen LogP contribution in [0.3, 0.4) is 0 Å². The van der Waals surface area contributed by atoms with E-state index >= 15 is 0 Å². The largest absolute Gasteiger partial charge is 0.465 e. The molecule has 1 atom stereocenters. The molecule has 0 aliphatic rings. The zero-order valence-electron chi connectivity index (χ0n) is 10.7. The van der Waals surface area contributed by atoms with Crippen LogP contribution in [0.25, 0.3) is 0 Å². The van der Waals surface area contributed by atoms with Crippen LogP contribution >= 0.6 is 0 Å². The maximum Gasteiger partial charge on any atom is 0.337 e. The quantitative estimate of drug-likeness (QED) is 0.776. The summed E-state index contributed by atoms with van der Waals surface area (Å²) in [6.07, 6.45) is -0.622. The molecule has 1 aromatic carbocycles. The molecular weight excluding hydrogens is 218 g/mol. The Hall–Kier alpha value is -1.39. The van der Waals surface area contributed by atoms with Crippen molar-refractivity contribution >= 4 is 5.97 Å². The third-order valence-electron chi connectivity index (χ3n) is 2.89. The highest BCUT2D eigenvalue weighted by molar-refractivity contribution is 5.90. The highest BCUT2D eigenvalue weighted by atomic mass is 16.5. The van der Waals surface area contributed by atoms with E-state index in [1.54, 1.807) is 19.2 Å². The number of likely N-dealkylation sites (N-methyl/N-ethyl adjacent to an activating group) is 1. The summed E-state index contributed by atoms with van der Waals surface area (Å²) in [7, 11) is 3.12. The maximum absolute atomic E-state index is 11.5. The number of nitrogens with one attached hydrogen (secondary N) is 1. The summed E-state index contributed by atoms with van der Waals surface area (Å²) in [6, 6.07) is 3.47. The van der Waals surface area contributed by atoms with Gasteiger partial charge < -0.3 is 15.2 Å². The summed E-state index contributed by atoms with van der Waals surface area (Å²) in [4.78, 5) is 11.5. The number of carbonyl (C=O) groups is 1. The van der Waals surface area contributed by atoms with Gasteiger partial charge in [0, 0.05) is 6.54 Å². The number of hydrogen-bond donors (Lipinski definition) is 2.